The molecule has 1 atom stereocenters. The zero-order chi connectivity index (χ0) is 22.3. The summed E-state index contributed by atoms with van der Waals surface area (Å²) in [4.78, 5) is 25.0. The number of alkyl carbamates (subject to hydrolysis) is 1. The molecule has 0 unspecified atom stereocenters. The van der Waals surface area contributed by atoms with Crippen LogP contribution in [0, 0.1) is 0 Å². The fourth-order valence-corrected chi connectivity index (χ4v) is 2.97. The summed E-state index contributed by atoms with van der Waals surface area (Å²) in [5.41, 5.74) is 4.52. The smallest absolute Gasteiger partial charge is 0.408 e. The van der Waals surface area contributed by atoms with Gasteiger partial charge in [-0.3, -0.25) is 4.79 Å². The highest BCUT2D eigenvalue weighted by Gasteiger charge is 2.24. The van der Waals surface area contributed by atoms with Crippen molar-refractivity contribution in [3.05, 3.63) is 71.3 Å². The number of nitrogens with one attached hydrogen (secondary N) is 2. The lowest BCUT2D eigenvalue weighted by Crippen LogP contribution is -2.48. The van der Waals surface area contributed by atoms with Crippen LogP contribution in [-0.2, 0) is 16.0 Å². The molecule has 0 aromatic heterocycles. The number of carbonyl (C=O) groups is 2. The summed E-state index contributed by atoms with van der Waals surface area (Å²) in [6.45, 7) is 5.66. The van der Waals surface area contributed by atoms with Gasteiger partial charge in [0.15, 0.2) is 0 Å². The summed E-state index contributed by atoms with van der Waals surface area (Å²) in [6, 6.07) is 16.3. The lowest BCUT2D eigenvalue weighted by atomic mass is 10.1. The minimum Gasteiger partial charge on any atom is -0.488 e. The van der Waals surface area contributed by atoms with Crippen molar-refractivity contribution in [2.75, 3.05) is 6.61 Å². The molecule has 2 aromatic carbocycles. The predicted molar refractivity (Wildman–Crippen MR) is 120 cm³/mol. The molecular formula is C24H27N3O4. The van der Waals surface area contributed by atoms with Gasteiger partial charge >= 0.3 is 6.09 Å². The molecule has 0 saturated carbocycles. The van der Waals surface area contributed by atoms with E-state index in [1.807, 2.05) is 60.7 Å². The average Bonchev–Trinajstić information content (AvgIpc) is 2.72. The summed E-state index contributed by atoms with van der Waals surface area (Å²) in [6.07, 6.45) is 3.14. The molecule has 2 aromatic rings. The Balaban J connectivity index is 1.65. The Hall–Kier alpha value is -3.61. The van der Waals surface area contributed by atoms with Crippen molar-refractivity contribution in [3.8, 4) is 5.75 Å². The summed E-state index contributed by atoms with van der Waals surface area (Å²) in [5.74, 6) is 0.372. The lowest BCUT2D eigenvalue weighted by molar-refractivity contribution is -0.123. The highest BCUT2D eigenvalue weighted by Crippen LogP contribution is 2.24. The number of rotatable bonds is 6. The van der Waals surface area contributed by atoms with Crippen LogP contribution in [0.5, 0.6) is 5.75 Å². The van der Waals surface area contributed by atoms with Crippen molar-refractivity contribution >= 4 is 24.3 Å². The number of hydrogen-bond acceptors (Lipinski definition) is 5. The normalized spacial score (nSPS) is 14.1. The van der Waals surface area contributed by atoms with Crippen LogP contribution in [0.4, 0.5) is 4.79 Å². The largest absolute Gasteiger partial charge is 0.488 e. The highest BCUT2D eigenvalue weighted by atomic mass is 16.6. The van der Waals surface area contributed by atoms with E-state index in [2.05, 4.69) is 15.8 Å². The van der Waals surface area contributed by atoms with Crippen molar-refractivity contribution in [3.63, 3.8) is 0 Å². The van der Waals surface area contributed by atoms with Gasteiger partial charge in [0.25, 0.3) is 5.91 Å². The van der Waals surface area contributed by atoms with Gasteiger partial charge in [-0.25, -0.2) is 10.2 Å². The van der Waals surface area contributed by atoms with E-state index in [1.54, 1.807) is 27.0 Å². The fraction of sp³-hybridized carbons (Fsp3) is 0.292. The molecule has 1 heterocycles. The number of nitrogens with zero attached hydrogens (tertiary/aromatic N) is 1. The molecule has 1 aliphatic rings. The standard InChI is InChI=1S/C24H27N3O4/c1-24(2,3)31-23(29)26-20(14-17-9-5-4-6-10-17)22(28)27-25-15-18-13-19-11-7-8-12-21(19)30-16-18/h4-13,15,20H,14,16H2,1-3H3,(H,26,29)(H,27,28)/b25-15-/t20-/m1/s1. The van der Waals surface area contributed by atoms with Gasteiger partial charge in [-0.15, -0.1) is 0 Å². The van der Waals surface area contributed by atoms with Crippen molar-refractivity contribution in [2.24, 2.45) is 5.10 Å². The van der Waals surface area contributed by atoms with Gasteiger partial charge in [0.1, 0.15) is 24.0 Å². The number of amides is 2. The molecule has 3 rings (SSSR count). The molecule has 0 saturated heterocycles. The van der Waals surface area contributed by atoms with E-state index in [4.69, 9.17) is 9.47 Å². The van der Waals surface area contributed by atoms with Crippen molar-refractivity contribution in [1.29, 1.82) is 0 Å². The quantitative estimate of drug-likeness (QED) is 0.550. The van der Waals surface area contributed by atoms with Gasteiger partial charge in [0, 0.05) is 17.6 Å². The maximum atomic E-state index is 12.7. The first-order chi connectivity index (χ1) is 14.8. The van der Waals surface area contributed by atoms with E-state index in [1.165, 1.54) is 0 Å². The maximum Gasteiger partial charge on any atom is 0.408 e. The number of para-hydroxylation sites is 1. The number of hydrogen-bond donors (Lipinski definition) is 2. The van der Waals surface area contributed by atoms with Crippen LogP contribution in [-0.4, -0.2) is 36.5 Å². The zero-order valence-electron chi connectivity index (χ0n) is 17.9. The highest BCUT2D eigenvalue weighted by molar-refractivity contribution is 5.90. The van der Waals surface area contributed by atoms with Crippen LogP contribution < -0.4 is 15.5 Å². The van der Waals surface area contributed by atoms with Crippen LogP contribution in [0.1, 0.15) is 31.9 Å². The van der Waals surface area contributed by atoms with E-state index in [0.717, 1.165) is 22.4 Å². The number of carbonyl (C=O) groups excluding carboxylic acids is 2. The fourth-order valence-electron chi connectivity index (χ4n) is 2.97. The van der Waals surface area contributed by atoms with Crippen LogP contribution in [0.15, 0.2) is 65.3 Å². The first-order valence-electron chi connectivity index (χ1n) is 10.1. The third-order valence-corrected chi connectivity index (χ3v) is 4.35. The molecular weight excluding hydrogens is 394 g/mol. The first kappa shape index (κ1) is 22.1. The number of benzene rings is 2. The molecule has 7 heteroatoms. The Labute approximate surface area is 182 Å². The van der Waals surface area contributed by atoms with Crippen LogP contribution in [0.25, 0.3) is 6.08 Å². The molecule has 2 N–H and O–H groups in total. The molecule has 0 bridgehead atoms. The molecule has 1 aliphatic heterocycles. The van der Waals surface area contributed by atoms with Crippen molar-refractivity contribution < 1.29 is 19.1 Å². The minimum atomic E-state index is -0.841. The van der Waals surface area contributed by atoms with Crippen molar-refractivity contribution in [1.82, 2.24) is 10.7 Å². The van der Waals surface area contributed by atoms with Gasteiger partial charge in [0.2, 0.25) is 0 Å². The Morgan fingerprint density at radius 3 is 2.58 bits per heavy atom. The predicted octanol–water partition coefficient (Wildman–Crippen LogP) is 3.70. The number of hydrazone groups is 1. The molecule has 7 nitrogen and oxygen atoms in total. The molecule has 0 spiro atoms. The van der Waals surface area contributed by atoms with Crippen LogP contribution in [0.3, 0.4) is 0 Å². The van der Waals surface area contributed by atoms with Gasteiger partial charge < -0.3 is 14.8 Å². The van der Waals surface area contributed by atoms with Crippen LogP contribution in [0.2, 0.25) is 0 Å². The third kappa shape index (κ3) is 6.99. The summed E-state index contributed by atoms with van der Waals surface area (Å²) >= 11 is 0. The first-order valence-corrected chi connectivity index (χ1v) is 10.1. The molecule has 31 heavy (non-hydrogen) atoms. The Morgan fingerprint density at radius 1 is 1.13 bits per heavy atom. The topological polar surface area (TPSA) is 89.0 Å². The Morgan fingerprint density at radius 2 is 1.84 bits per heavy atom. The maximum absolute atomic E-state index is 12.7. The average molecular weight is 421 g/mol. The van der Waals surface area contributed by atoms with Gasteiger partial charge in [-0.05, 0) is 38.5 Å². The Bertz CT molecular complexity index is 978. The van der Waals surface area contributed by atoms with E-state index < -0.39 is 23.6 Å². The molecule has 0 fully saturated rings. The summed E-state index contributed by atoms with van der Waals surface area (Å²) in [5, 5.41) is 6.68. The minimum absolute atomic E-state index is 0.306. The van der Waals surface area contributed by atoms with Crippen LogP contribution >= 0.6 is 0 Å². The van der Waals surface area contributed by atoms with Gasteiger partial charge in [0.05, 0.1) is 6.21 Å². The van der Waals surface area contributed by atoms with Gasteiger partial charge in [-0.1, -0.05) is 48.5 Å². The Kier molecular flexibility index (Phi) is 7.07. The van der Waals surface area contributed by atoms with E-state index in [-0.39, 0.29) is 0 Å². The second kappa shape index (κ2) is 9.93. The summed E-state index contributed by atoms with van der Waals surface area (Å²) < 4.78 is 11.0. The second-order valence-electron chi connectivity index (χ2n) is 8.17. The molecule has 162 valence electrons. The lowest BCUT2D eigenvalue weighted by Gasteiger charge is -2.23. The number of fused-ring (bicyclic) bond motifs is 1. The number of ether oxygens (including phenoxy) is 2. The molecule has 0 radical (unpaired) electrons. The van der Waals surface area contributed by atoms with E-state index in [0.29, 0.717) is 13.0 Å². The zero-order valence-corrected chi connectivity index (χ0v) is 17.9. The van der Waals surface area contributed by atoms with E-state index in [9.17, 15) is 9.59 Å². The third-order valence-electron chi connectivity index (χ3n) is 4.35. The second-order valence-corrected chi connectivity index (χ2v) is 8.17. The molecule has 0 aliphatic carbocycles. The monoisotopic (exact) mass is 421 g/mol. The molecule has 2 amide bonds. The van der Waals surface area contributed by atoms with E-state index >= 15 is 0 Å². The van der Waals surface area contributed by atoms with Gasteiger partial charge in [-0.2, -0.15) is 5.10 Å². The summed E-state index contributed by atoms with van der Waals surface area (Å²) in [7, 11) is 0. The van der Waals surface area contributed by atoms with Crippen molar-refractivity contribution in [2.45, 2.75) is 38.8 Å². The SMILES string of the molecule is CC(C)(C)OC(=O)N[C@H](Cc1ccccc1)C(=O)N/N=C\C1=Cc2ccccc2OC1.